The number of anilines is 1. The van der Waals surface area contributed by atoms with E-state index in [0.29, 0.717) is 18.5 Å². The Morgan fingerprint density at radius 1 is 1.27 bits per heavy atom. The maximum atomic E-state index is 12.3. The van der Waals surface area contributed by atoms with Gasteiger partial charge in [0.05, 0.1) is 12.2 Å². The fraction of sp³-hybridized carbons (Fsp3) is 0.667. The van der Waals surface area contributed by atoms with Gasteiger partial charge in [-0.1, -0.05) is 19.8 Å². The minimum absolute atomic E-state index is 0.120. The molecule has 1 saturated carbocycles. The summed E-state index contributed by atoms with van der Waals surface area (Å²) in [5.41, 5.74) is 0.885. The number of amides is 1. The van der Waals surface area contributed by atoms with E-state index >= 15 is 0 Å². The number of hydrogen-bond donors (Lipinski definition) is 1. The van der Waals surface area contributed by atoms with Crippen LogP contribution in [0.4, 0.5) is 11.5 Å². The molecule has 0 radical (unpaired) electrons. The Balaban J connectivity index is 1.44. The molecule has 1 aromatic rings. The smallest absolute Gasteiger partial charge is 0.363 e. The Bertz CT molecular complexity index is 628. The van der Waals surface area contributed by atoms with Crippen molar-refractivity contribution in [1.82, 2.24) is 15.2 Å². The van der Waals surface area contributed by atoms with Gasteiger partial charge in [-0.25, -0.2) is 0 Å². The number of aromatic nitrogens is 1. The van der Waals surface area contributed by atoms with Crippen LogP contribution in [-0.2, 0) is 4.79 Å². The first-order valence-corrected chi connectivity index (χ1v) is 9.40. The van der Waals surface area contributed by atoms with Crippen molar-refractivity contribution in [3.8, 4) is 0 Å². The van der Waals surface area contributed by atoms with Crippen LogP contribution in [0, 0.1) is 16.0 Å². The lowest BCUT2D eigenvalue weighted by Gasteiger charge is -2.36. The number of carbonyl (C=O) groups is 1. The van der Waals surface area contributed by atoms with Crippen LogP contribution in [0.2, 0.25) is 0 Å². The third-order valence-corrected chi connectivity index (χ3v) is 5.48. The van der Waals surface area contributed by atoms with Crippen molar-refractivity contribution in [2.24, 2.45) is 5.92 Å². The monoisotopic (exact) mass is 361 g/mol. The van der Waals surface area contributed by atoms with Crippen LogP contribution in [0.25, 0.3) is 0 Å². The number of piperazine rings is 1. The quantitative estimate of drug-likeness (QED) is 0.635. The van der Waals surface area contributed by atoms with Gasteiger partial charge < -0.3 is 20.3 Å². The van der Waals surface area contributed by atoms with Gasteiger partial charge in [-0.15, -0.1) is 0 Å². The minimum atomic E-state index is -0.493. The number of rotatable bonds is 5. The Hall–Kier alpha value is -2.22. The Morgan fingerprint density at radius 3 is 2.62 bits per heavy atom. The van der Waals surface area contributed by atoms with Gasteiger partial charge in [-0.2, -0.15) is 0 Å². The zero-order valence-electron chi connectivity index (χ0n) is 15.3. The molecule has 8 heteroatoms. The Labute approximate surface area is 153 Å². The second-order valence-corrected chi connectivity index (χ2v) is 7.33. The van der Waals surface area contributed by atoms with Gasteiger partial charge in [0.15, 0.2) is 6.20 Å². The van der Waals surface area contributed by atoms with Gasteiger partial charge in [-0.05, 0) is 34.7 Å². The second kappa shape index (κ2) is 8.44. The molecule has 142 valence electrons. The Kier molecular flexibility index (Phi) is 6.03. The molecule has 2 aliphatic rings. The molecule has 0 aromatic carbocycles. The van der Waals surface area contributed by atoms with Crippen molar-refractivity contribution in [2.45, 2.75) is 38.6 Å². The minimum Gasteiger partial charge on any atom is -0.366 e. The lowest BCUT2D eigenvalue weighted by atomic mass is 9.86. The molecule has 1 amide bonds. The number of nitrogens with zero attached hydrogens (tertiary/aromatic N) is 4. The second-order valence-electron chi connectivity index (χ2n) is 7.33. The molecule has 0 bridgehead atoms. The van der Waals surface area contributed by atoms with E-state index in [4.69, 9.17) is 0 Å². The summed E-state index contributed by atoms with van der Waals surface area (Å²) in [4.78, 5) is 30.7. The highest BCUT2D eigenvalue weighted by molar-refractivity contribution is 5.78. The average Bonchev–Trinajstić information content (AvgIpc) is 2.64. The van der Waals surface area contributed by atoms with E-state index in [9.17, 15) is 14.9 Å². The van der Waals surface area contributed by atoms with Crippen molar-refractivity contribution in [3.63, 3.8) is 0 Å². The summed E-state index contributed by atoms with van der Waals surface area (Å²) in [6, 6.07) is 3.49. The molecule has 2 atom stereocenters. The van der Waals surface area contributed by atoms with Crippen molar-refractivity contribution in [2.75, 3.05) is 37.6 Å². The first-order chi connectivity index (χ1) is 12.5. The van der Waals surface area contributed by atoms with E-state index in [1.54, 1.807) is 12.3 Å². The van der Waals surface area contributed by atoms with Crippen LogP contribution in [0.1, 0.15) is 32.6 Å². The number of pyridine rings is 1. The summed E-state index contributed by atoms with van der Waals surface area (Å²) in [6.45, 7) is 5.82. The molecule has 8 nitrogen and oxygen atoms in total. The first-order valence-electron chi connectivity index (χ1n) is 9.40. The summed E-state index contributed by atoms with van der Waals surface area (Å²) >= 11 is 0. The number of nitrogens with one attached hydrogen (secondary N) is 1. The summed E-state index contributed by atoms with van der Waals surface area (Å²) in [5.74, 6) is 0.550. The summed E-state index contributed by atoms with van der Waals surface area (Å²) in [6.07, 6.45) is 6.32. The maximum absolute atomic E-state index is 12.3. The highest BCUT2D eigenvalue weighted by Crippen LogP contribution is 2.23. The van der Waals surface area contributed by atoms with Gasteiger partial charge in [0.2, 0.25) is 5.91 Å². The van der Waals surface area contributed by atoms with Gasteiger partial charge in [-0.3, -0.25) is 9.69 Å². The molecule has 1 aromatic heterocycles. The van der Waals surface area contributed by atoms with Gasteiger partial charge in [0.1, 0.15) is 0 Å². The number of nitro groups is 1. The molecule has 1 aliphatic carbocycles. The SMILES string of the molecule is C[C@@H]1CCCC[C@@H]1NC(=O)CN1CCN(c2ccc([N+](=O)[O-])nc2)CC1. The van der Waals surface area contributed by atoms with E-state index in [0.717, 1.165) is 38.3 Å². The fourth-order valence-corrected chi connectivity index (χ4v) is 3.82. The van der Waals surface area contributed by atoms with Crippen molar-refractivity contribution in [1.29, 1.82) is 0 Å². The third kappa shape index (κ3) is 4.69. The van der Waals surface area contributed by atoms with Crippen LogP contribution in [-0.4, -0.2) is 59.5 Å². The summed E-state index contributed by atoms with van der Waals surface area (Å²) in [7, 11) is 0. The lowest BCUT2D eigenvalue weighted by molar-refractivity contribution is -0.389. The predicted molar refractivity (Wildman–Crippen MR) is 99.1 cm³/mol. The summed E-state index contributed by atoms with van der Waals surface area (Å²) < 4.78 is 0. The standard InChI is InChI=1S/C18H27N5O3/c1-14-4-2-3-5-16(14)20-18(24)13-21-8-10-22(11-9-21)15-6-7-17(19-12-15)23(25)26/h6-7,12,14,16H,2-5,8-11,13H2,1H3,(H,20,24)/t14-,16+/m1/s1. The molecule has 3 rings (SSSR count). The zero-order valence-corrected chi connectivity index (χ0v) is 15.3. The predicted octanol–water partition coefficient (Wildman–Crippen LogP) is 1.81. The van der Waals surface area contributed by atoms with Gasteiger partial charge in [0, 0.05) is 38.3 Å². The van der Waals surface area contributed by atoms with E-state index in [1.807, 2.05) is 0 Å². The molecule has 1 aliphatic heterocycles. The van der Waals surface area contributed by atoms with Crippen molar-refractivity contribution >= 4 is 17.4 Å². The van der Waals surface area contributed by atoms with Crippen LogP contribution in [0.15, 0.2) is 18.3 Å². The van der Waals surface area contributed by atoms with Crippen LogP contribution >= 0.6 is 0 Å². The van der Waals surface area contributed by atoms with Crippen molar-refractivity contribution < 1.29 is 9.72 Å². The normalized spacial score (nSPS) is 24.3. The Morgan fingerprint density at radius 2 is 2.00 bits per heavy atom. The van der Waals surface area contributed by atoms with Crippen LogP contribution in [0.5, 0.6) is 0 Å². The third-order valence-electron chi connectivity index (χ3n) is 5.48. The van der Waals surface area contributed by atoms with Crippen molar-refractivity contribution in [3.05, 3.63) is 28.4 Å². The van der Waals surface area contributed by atoms with Crippen LogP contribution < -0.4 is 10.2 Å². The molecule has 1 N–H and O–H groups in total. The highest BCUT2D eigenvalue weighted by atomic mass is 16.6. The van der Waals surface area contributed by atoms with Crippen LogP contribution in [0.3, 0.4) is 0 Å². The number of carbonyl (C=O) groups excluding carboxylic acids is 1. The summed E-state index contributed by atoms with van der Waals surface area (Å²) in [5, 5.41) is 13.9. The van der Waals surface area contributed by atoms with Gasteiger partial charge in [0.25, 0.3) is 0 Å². The van der Waals surface area contributed by atoms with Gasteiger partial charge >= 0.3 is 5.82 Å². The maximum Gasteiger partial charge on any atom is 0.363 e. The van der Waals surface area contributed by atoms with E-state index < -0.39 is 4.92 Å². The van der Waals surface area contributed by atoms with E-state index in [1.165, 1.54) is 25.3 Å². The molecule has 1 saturated heterocycles. The largest absolute Gasteiger partial charge is 0.366 e. The molecule has 0 unspecified atom stereocenters. The number of hydrogen-bond acceptors (Lipinski definition) is 6. The molecule has 2 heterocycles. The fourth-order valence-electron chi connectivity index (χ4n) is 3.82. The topological polar surface area (TPSA) is 91.6 Å². The molecule has 2 fully saturated rings. The highest BCUT2D eigenvalue weighted by Gasteiger charge is 2.25. The molecular formula is C18H27N5O3. The molecular weight excluding hydrogens is 334 g/mol. The van der Waals surface area contributed by atoms with E-state index in [-0.39, 0.29) is 11.7 Å². The lowest BCUT2D eigenvalue weighted by Crippen LogP contribution is -2.51. The zero-order chi connectivity index (χ0) is 18.5. The molecule has 0 spiro atoms. The molecule has 26 heavy (non-hydrogen) atoms. The first kappa shape index (κ1) is 18.6. The average molecular weight is 361 g/mol. The van der Waals surface area contributed by atoms with E-state index in [2.05, 4.69) is 27.0 Å².